The highest BCUT2D eigenvalue weighted by Crippen LogP contribution is 2.28. The molecular weight excluding hydrogens is 282 g/mol. The number of hydrogen-bond donors (Lipinski definition) is 1. The Balaban J connectivity index is 2.21. The maximum Gasteiger partial charge on any atom is 0.0585 e. The fourth-order valence-corrected chi connectivity index (χ4v) is 3.65. The van der Waals surface area contributed by atoms with Crippen LogP contribution in [0.15, 0.2) is 40.6 Å². The fourth-order valence-electron chi connectivity index (χ4n) is 2.26. The molecule has 0 aliphatic heterocycles. The average molecular weight is 306 g/mol. The van der Waals surface area contributed by atoms with Gasteiger partial charge in [-0.3, -0.25) is 0 Å². The molecule has 108 valence electrons. The highest BCUT2D eigenvalue weighted by atomic mass is 32.2. The third-order valence-electron chi connectivity index (χ3n) is 3.21. The molecule has 20 heavy (non-hydrogen) atoms. The summed E-state index contributed by atoms with van der Waals surface area (Å²) in [4.78, 5) is 2.73. The second kappa shape index (κ2) is 7.87. The number of hydrogen-bond acceptors (Lipinski definition) is 3. The number of rotatable bonds is 7. The molecule has 0 fully saturated rings. The van der Waals surface area contributed by atoms with E-state index < -0.39 is 0 Å². The van der Waals surface area contributed by atoms with Crippen LogP contribution in [-0.4, -0.2) is 12.3 Å². The smallest absolute Gasteiger partial charge is 0.0585 e. The van der Waals surface area contributed by atoms with E-state index in [0.29, 0.717) is 6.04 Å². The van der Waals surface area contributed by atoms with Gasteiger partial charge < -0.3 is 5.32 Å². The van der Waals surface area contributed by atoms with E-state index >= 15 is 0 Å². The molecule has 2 aromatic rings. The molecule has 3 heteroatoms. The number of nitrogens with one attached hydrogen (secondary N) is 1. The van der Waals surface area contributed by atoms with Crippen molar-refractivity contribution < 1.29 is 0 Å². The average Bonchev–Trinajstić information content (AvgIpc) is 2.88. The maximum absolute atomic E-state index is 3.67. The van der Waals surface area contributed by atoms with Crippen molar-refractivity contribution in [3.05, 3.63) is 51.7 Å². The standard InChI is InChI=1S/C17H23NS2/c1-4-10-18-17(15-11-13(3)20-12-15)14-6-8-16(9-7-14)19-5-2/h6-9,11-12,17-18H,4-5,10H2,1-3H3. The summed E-state index contributed by atoms with van der Waals surface area (Å²) in [7, 11) is 0. The normalized spacial score (nSPS) is 12.6. The first kappa shape index (κ1) is 15.6. The lowest BCUT2D eigenvalue weighted by Crippen LogP contribution is -2.22. The highest BCUT2D eigenvalue weighted by Gasteiger charge is 2.14. The summed E-state index contributed by atoms with van der Waals surface area (Å²) in [5.74, 6) is 1.13. The van der Waals surface area contributed by atoms with Crippen LogP contribution in [0.25, 0.3) is 0 Å². The molecule has 1 aromatic carbocycles. The lowest BCUT2D eigenvalue weighted by molar-refractivity contribution is 0.599. The van der Waals surface area contributed by atoms with Crippen molar-refractivity contribution in [2.45, 2.75) is 38.1 Å². The molecule has 0 radical (unpaired) electrons. The second-order valence-corrected chi connectivity index (χ2v) is 7.33. The third kappa shape index (κ3) is 4.11. The first-order valence-corrected chi connectivity index (χ1v) is 9.12. The molecule has 0 amide bonds. The van der Waals surface area contributed by atoms with Crippen molar-refractivity contribution >= 4 is 23.1 Å². The van der Waals surface area contributed by atoms with Crippen LogP contribution in [0.2, 0.25) is 0 Å². The van der Waals surface area contributed by atoms with Crippen LogP contribution in [0.1, 0.15) is 42.3 Å². The van der Waals surface area contributed by atoms with E-state index in [9.17, 15) is 0 Å². The molecule has 1 unspecified atom stereocenters. The monoisotopic (exact) mass is 305 g/mol. The zero-order valence-electron chi connectivity index (χ0n) is 12.5. The largest absolute Gasteiger partial charge is 0.306 e. The summed E-state index contributed by atoms with van der Waals surface area (Å²) in [6, 6.07) is 11.6. The zero-order valence-corrected chi connectivity index (χ0v) is 14.1. The second-order valence-electron chi connectivity index (χ2n) is 4.88. The van der Waals surface area contributed by atoms with Gasteiger partial charge in [0.2, 0.25) is 0 Å². The lowest BCUT2D eigenvalue weighted by Gasteiger charge is -2.18. The maximum atomic E-state index is 3.67. The molecule has 2 rings (SSSR count). The van der Waals surface area contributed by atoms with E-state index in [2.05, 4.69) is 61.8 Å². The van der Waals surface area contributed by atoms with Crippen LogP contribution in [0.4, 0.5) is 0 Å². The minimum Gasteiger partial charge on any atom is -0.306 e. The molecule has 0 bridgehead atoms. The number of aryl methyl sites for hydroxylation is 1. The minimum atomic E-state index is 0.320. The lowest BCUT2D eigenvalue weighted by atomic mass is 10.0. The molecule has 0 saturated carbocycles. The Morgan fingerprint density at radius 1 is 1.15 bits per heavy atom. The summed E-state index contributed by atoms with van der Waals surface area (Å²) in [6.07, 6.45) is 1.16. The molecule has 0 aliphatic carbocycles. The fraction of sp³-hybridized carbons (Fsp3) is 0.412. The quantitative estimate of drug-likeness (QED) is 0.700. The third-order valence-corrected chi connectivity index (χ3v) is 4.98. The highest BCUT2D eigenvalue weighted by molar-refractivity contribution is 7.99. The van der Waals surface area contributed by atoms with E-state index in [1.54, 1.807) is 0 Å². The molecule has 1 nitrogen and oxygen atoms in total. The summed E-state index contributed by atoms with van der Waals surface area (Å²) >= 11 is 3.72. The molecule has 1 atom stereocenters. The Hall–Kier alpha value is -0.770. The Bertz CT molecular complexity index is 516. The van der Waals surface area contributed by atoms with Gasteiger partial charge in [0.1, 0.15) is 0 Å². The predicted octanol–water partition coefficient (Wildman–Crippen LogP) is 5.26. The Morgan fingerprint density at radius 3 is 2.45 bits per heavy atom. The van der Waals surface area contributed by atoms with Gasteiger partial charge in [0.15, 0.2) is 0 Å². The van der Waals surface area contributed by atoms with Crippen molar-refractivity contribution in [3.63, 3.8) is 0 Å². The van der Waals surface area contributed by atoms with Gasteiger partial charge in [-0.25, -0.2) is 0 Å². The predicted molar refractivity (Wildman–Crippen MR) is 92.0 cm³/mol. The van der Waals surface area contributed by atoms with Crippen molar-refractivity contribution in [2.75, 3.05) is 12.3 Å². The van der Waals surface area contributed by atoms with E-state index in [0.717, 1.165) is 18.7 Å². The van der Waals surface area contributed by atoms with Crippen molar-refractivity contribution in [1.82, 2.24) is 5.32 Å². The molecular formula is C17H23NS2. The van der Waals surface area contributed by atoms with Gasteiger partial charge in [-0.15, -0.1) is 23.1 Å². The summed E-state index contributed by atoms with van der Waals surface area (Å²) in [5.41, 5.74) is 2.74. The van der Waals surface area contributed by atoms with E-state index in [4.69, 9.17) is 0 Å². The van der Waals surface area contributed by atoms with Gasteiger partial charge >= 0.3 is 0 Å². The van der Waals surface area contributed by atoms with Gasteiger partial charge in [0.25, 0.3) is 0 Å². The number of thiophene rings is 1. The van der Waals surface area contributed by atoms with Crippen LogP contribution >= 0.6 is 23.1 Å². The topological polar surface area (TPSA) is 12.0 Å². The number of thioether (sulfide) groups is 1. The Kier molecular flexibility index (Phi) is 6.14. The molecule has 0 aliphatic rings. The van der Waals surface area contributed by atoms with Crippen LogP contribution in [0, 0.1) is 6.92 Å². The van der Waals surface area contributed by atoms with Crippen molar-refractivity contribution in [1.29, 1.82) is 0 Å². The van der Waals surface area contributed by atoms with Gasteiger partial charge in [-0.2, -0.15) is 0 Å². The van der Waals surface area contributed by atoms with Crippen molar-refractivity contribution in [2.24, 2.45) is 0 Å². The van der Waals surface area contributed by atoms with Crippen LogP contribution in [0.5, 0.6) is 0 Å². The van der Waals surface area contributed by atoms with E-state index in [-0.39, 0.29) is 0 Å². The van der Waals surface area contributed by atoms with Gasteiger partial charge in [0, 0.05) is 9.77 Å². The molecule has 1 heterocycles. The van der Waals surface area contributed by atoms with Crippen molar-refractivity contribution in [3.8, 4) is 0 Å². The van der Waals surface area contributed by atoms with E-state index in [1.165, 1.54) is 20.9 Å². The summed E-state index contributed by atoms with van der Waals surface area (Å²) in [6.45, 7) is 7.62. The SMILES string of the molecule is CCCNC(c1ccc(SCC)cc1)c1csc(C)c1. The first-order valence-electron chi connectivity index (χ1n) is 7.25. The molecule has 0 spiro atoms. The van der Waals surface area contributed by atoms with Gasteiger partial charge in [-0.1, -0.05) is 26.0 Å². The minimum absolute atomic E-state index is 0.320. The summed E-state index contributed by atoms with van der Waals surface area (Å²) < 4.78 is 0. The molecule has 1 aromatic heterocycles. The first-order chi connectivity index (χ1) is 9.74. The van der Waals surface area contributed by atoms with Crippen LogP contribution in [0.3, 0.4) is 0 Å². The Morgan fingerprint density at radius 2 is 1.90 bits per heavy atom. The van der Waals surface area contributed by atoms with Gasteiger partial charge in [0.05, 0.1) is 6.04 Å². The summed E-state index contributed by atoms with van der Waals surface area (Å²) in [5, 5.41) is 5.94. The Labute approximate surface area is 130 Å². The zero-order chi connectivity index (χ0) is 14.4. The van der Waals surface area contributed by atoms with E-state index in [1.807, 2.05) is 23.1 Å². The van der Waals surface area contributed by atoms with Crippen LogP contribution < -0.4 is 5.32 Å². The molecule has 0 saturated heterocycles. The number of benzene rings is 1. The van der Waals surface area contributed by atoms with Gasteiger partial charge in [-0.05, 0) is 60.3 Å². The van der Waals surface area contributed by atoms with Crippen LogP contribution in [-0.2, 0) is 0 Å². The molecule has 1 N–H and O–H groups in total.